The molecule has 2 N–H and O–H groups in total. The van der Waals surface area contributed by atoms with Crippen LogP contribution in [0.15, 0.2) is 6.07 Å². The predicted molar refractivity (Wildman–Crippen MR) is 90.4 cm³/mol. The predicted octanol–water partition coefficient (Wildman–Crippen LogP) is 2.66. The van der Waals surface area contributed by atoms with Crippen LogP contribution in [0, 0.1) is 5.92 Å². The zero-order chi connectivity index (χ0) is 14.8. The van der Waals surface area contributed by atoms with E-state index in [1.165, 1.54) is 24.4 Å². The zero-order valence-corrected chi connectivity index (χ0v) is 13.8. The summed E-state index contributed by atoms with van der Waals surface area (Å²) in [5.74, 6) is 2.37. The molecule has 5 nitrogen and oxygen atoms in total. The molecule has 3 heterocycles. The second kappa shape index (κ2) is 6.15. The van der Waals surface area contributed by atoms with Gasteiger partial charge in [-0.25, -0.2) is 4.98 Å². The maximum atomic E-state index is 4.61. The Labute approximate surface area is 129 Å². The maximum Gasteiger partial charge on any atom is 0.225 e. The van der Waals surface area contributed by atoms with Gasteiger partial charge in [-0.1, -0.05) is 6.92 Å². The van der Waals surface area contributed by atoms with Gasteiger partial charge in [-0.05, 0) is 38.4 Å². The molecule has 1 fully saturated rings. The van der Waals surface area contributed by atoms with E-state index in [-0.39, 0.29) is 0 Å². The summed E-state index contributed by atoms with van der Waals surface area (Å²) < 4.78 is 0. The van der Waals surface area contributed by atoms with Crippen molar-refractivity contribution in [3.63, 3.8) is 0 Å². The van der Waals surface area contributed by atoms with Crippen molar-refractivity contribution < 1.29 is 0 Å². The molecule has 1 aliphatic heterocycles. The van der Waals surface area contributed by atoms with Crippen molar-refractivity contribution >= 4 is 33.3 Å². The molecule has 1 unspecified atom stereocenters. The minimum Gasteiger partial charge on any atom is -0.369 e. The van der Waals surface area contributed by atoms with Crippen LogP contribution >= 0.6 is 11.3 Å². The lowest BCUT2D eigenvalue weighted by atomic mass is 10.1. The molecule has 2 aromatic rings. The molecule has 3 rings (SSSR count). The number of aryl methyl sites for hydroxylation is 1. The molecular weight excluding hydrogens is 282 g/mol. The van der Waals surface area contributed by atoms with E-state index in [9.17, 15) is 0 Å². The molecule has 114 valence electrons. The molecule has 6 heteroatoms. The van der Waals surface area contributed by atoms with Gasteiger partial charge in [-0.3, -0.25) is 0 Å². The molecule has 0 aromatic carbocycles. The number of likely N-dealkylation sites (tertiary alicyclic amines) is 1. The van der Waals surface area contributed by atoms with Crippen molar-refractivity contribution in [1.82, 2.24) is 14.9 Å². The van der Waals surface area contributed by atoms with Crippen molar-refractivity contribution in [3.05, 3.63) is 10.9 Å². The maximum absolute atomic E-state index is 4.61. The van der Waals surface area contributed by atoms with Crippen molar-refractivity contribution in [1.29, 1.82) is 0 Å². The number of rotatable bonds is 5. The lowest BCUT2D eigenvalue weighted by Gasteiger charge is -2.13. The molecule has 0 spiro atoms. The standard InChI is InChI=1S/C15H23N5S/c1-4-11-7-12-13(17-8-10-5-6-20(3)9-10)18-15(16-2)19-14(12)21-11/h7,10H,4-6,8-9H2,1-3H3,(H2,16,17,18,19). The third-order valence-corrected chi connectivity index (χ3v) is 5.24. The van der Waals surface area contributed by atoms with Crippen molar-refractivity contribution in [2.75, 3.05) is 44.4 Å². The SMILES string of the molecule is CCc1cc2c(NCC3CCN(C)C3)nc(NC)nc2s1. The van der Waals surface area contributed by atoms with Gasteiger partial charge in [0.25, 0.3) is 0 Å². The first kappa shape index (κ1) is 14.5. The van der Waals surface area contributed by atoms with Gasteiger partial charge < -0.3 is 15.5 Å². The van der Waals surface area contributed by atoms with Crippen LogP contribution in [-0.2, 0) is 6.42 Å². The molecule has 1 aliphatic rings. The number of aromatic nitrogens is 2. The van der Waals surface area contributed by atoms with E-state index in [4.69, 9.17) is 0 Å². The average molecular weight is 305 g/mol. The number of thiophene rings is 1. The van der Waals surface area contributed by atoms with Crippen LogP contribution in [0.3, 0.4) is 0 Å². The van der Waals surface area contributed by atoms with E-state index >= 15 is 0 Å². The van der Waals surface area contributed by atoms with Crippen LogP contribution in [0.1, 0.15) is 18.2 Å². The summed E-state index contributed by atoms with van der Waals surface area (Å²) in [5, 5.41) is 7.76. The Balaban J connectivity index is 1.83. The third kappa shape index (κ3) is 3.11. The summed E-state index contributed by atoms with van der Waals surface area (Å²) in [5.41, 5.74) is 0. The lowest BCUT2D eigenvalue weighted by Crippen LogP contribution is -2.19. The first-order valence-electron chi connectivity index (χ1n) is 7.60. The summed E-state index contributed by atoms with van der Waals surface area (Å²) >= 11 is 1.76. The second-order valence-electron chi connectivity index (χ2n) is 5.73. The quantitative estimate of drug-likeness (QED) is 0.889. The van der Waals surface area contributed by atoms with E-state index in [1.54, 1.807) is 11.3 Å². The molecule has 1 atom stereocenters. The molecule has 0 aliphatic carbocycles. The monoisotopic (exact) mass is 305 g/mol. The van der Waals surface area contributed by atoms with E-state index in [0.29, 0.717) is 11.9 Å². The van der Waals surface area contributed by atoms with E-state index in [1.807, 2.05) is 7.05 Å². The van der Waals surface area contributed by atoms with Gasteiger partial charge in [0.1, 0.15) is 10.6 Å². The normalized spacial score (nSPS) is 19.3. The number of nitrogens with one attached hydrogen (secondary N) is 2. The molecule has 2 aromatic heterocycles. The average Bonchev–Trinajstić information content (AvgIpc) is 3.10. The van der Waals surface area contributed by atoms with E-state index in [2.05, 4.69) is 45.5 Å². The molecule has 0 amide bonds. The number of hydrogen-bond donors (Lipinski definition) is 2. The van der Waals surface area contributed by atoms with Gasteiger partial charge >= 0.3 is 0 Å². The van der Waals surface area contributed by atoms with E-state index in [0.717, 1.165) is 29.0 Å². The van der Waals surface area contributed by atoms with Crippen molar-refractivity contribution in [3.8, 4) is 0 Å². The molecule has 0 saturated carbocycles. The van der Waals surface area contributed by atoms with Crippen LogP contribution in [-0.4, -0.2) is 48.6 Å². The molecule has 0 radical (unpaired) electrons. The summed E-state index contributed by atoms with van der Waals surface area (Å²) in [6, 6.07) is 2.22. The van der Waals surface area contributed by atoms with Crippen LogP contribution in [0.25, 0.3) is 10.2 Å². The first-order valence-corrected chi connectivity index (χ1v) is 8.42. The Morgan fingerprint density at radius 3 is 2.95 bits per heavy atom. The van der Waals surface area contributed by atoms with E-state index < -0.39 is 0 Å². The Morgan fingerprint density at radius 1 is 1.43 bits per heavy atom. The number of anilines is 2. The second-order valence-corrected chi connectivity index (χ2v) is 6.84. The van der Waals surface area contributed by atoms with Gasteiger partial charge in [-0.15, -0.1) is 11.3 Å². The van der Waals surface area contributed by atoms with Gasteiger partial charge in [0, 0.05) is 25.0 Å². The molecule has 0 bridgehead atoms. The highest BCUT2D eigenvalue weighted by molar-refractivity contribution is 7.18. The van der Waals surface area contributed by atoms with Gasteiger partial charge in [0.05, 0.1) is 5.39 Å². The molecular formula is C15H23N5S. The number of fused-ring (bicyclic) bond motifs is 1. The highest BCUT2D eigenvalue weighted by Crippen LogP contribution is 2.30. The van der Waals surface area contributed by atoms with Gasteiger partial charge in [0.2, 0.25) is 5.95 Å². The smallest absolute Gasteiger partial charge is 0.225 e. The highest BCUT2D eigenvalue weighted by atomic mass is 32.1. The minimum atomic E-state index is 0.693. The minimum absolute atomic E-state index is 0.693. The topological polar surface area (TPSA) is 53.1 Å². The summed E-state index contributed by atoms with van der Waals surface area (Å²) in [6.07, 6.45) is 2.31. The molecule has 1 saturated heterocycles. The van der Waals surface area contributed by atoms with Crippen LogP contribution in [0.2, 0.25) is 0 Å². The number of nitrogens with zero attached hydrogens (tertiary/aromatic N) is 3. The summed E-state index contributed by atoms with van der Waals surface area (Å²) in [6.45, 7) is 5.53. The fourth-order valence-corrected chi connectivity index (χ4v) is 3.79. The molecule has 21 heavy (non-hydrogen) atoms. The first-order chi connectivity index (χ1) is 10.2. The third-order valence-electron chi connectivity index (χ3n) is 4.06. The Bertz CT molecular complexity index is 624. The van der Waals surface area contributed by atoms with Crippen LogP contribution < -0.4 is 10.6 Å². The Morgan fingerprint density at radius 2 is 2.29 bits per heavy atom. The summed E-state index contributed by atoms with van der Waals surface area (Å²) in [7, 11) is 4.06. The van der Waals surface area contributed by atoms with Crippen molar-refractivity contribution in [2.45, 2.75) is 19.8 Å². The fraction of sp³-hybridized carbons (Fsp3) is 0.600. The Kier molecular flexibility index (Phi) is 4.26. The highest BCUT2D eigenvalue weighted by Gasteiger charge is 2.20. The van der Waals surface area contributed by atoms with Gasteiger partial charge in [0.15, 0.2) is 0 Å². The fourth-order valence-electron chi connectivity index (χ4n) is 2.83. The zero-order valence-electron chi connectivity index (χ0n) is 12.9. The Hall–Kier alpha value is -1.40. The van der Waals surface area contributed by atoms with Crippen molar-refractivity contribution in [2.24, 2.45) is 5.92 Å². The van der Waals surface area contributed by atoms with Gasteiger partial charge in [-0.2, -0.15) is 4.98 Å². The number of hydrogen-bond acceptors (Lipinski definition) is 6. The summed E-state index contributed by atoms with van der Waals surface area (Å²) in [4.78, 5) is 14.0. The van der Waals surface area contributed by atoms with Crippen LogP contribution in [0.5, 0.6) is 0 Å². The van der Waals surface area contributed by atoms with Crippen LogP contribution in [0.4, 0.5) is 11.8 Å². The lowest BCUT2D eigenvalue weighted by molar-refractivity contribution is 0.399. The largest absolute Gasteiger partial charge is 0.369 e.